The van der Waals surface area contributed by atoms with Crippen molar-refractivity contribution in [2.45, 2.75) is 13.5 Å². The molecular weight excluding hydrogens is 519 g/mol. The second-order valence-electron chi connectivity index (χ2n) is 8.15. The first-order valence-corrected chi connectivity index (χ1v) is 12.6. The Labute approximate surface area is 254 Å². The number of benzene rings is 4. The van der Waals surface area contributed by atoms with Crippen LogP contribution in [0, 0.1) is 6.07 Å². The van der Waals surface area contributed by atoms with Crippen molar-refractivity contribution in [3.05, 3.63) is 125 Å². The van der Waals surface area contributed by atoms with E-state index in [0.717, 1.165) is 34.9 Å². The molecule has 1 heterocycles. The van der Waals surface area contributed by atoms with Crippen molar-refractivity contribution in [3.63, 3.8) is 0 Å². The van der Waals surface area contributed by atoms with Crippen LogP contribution in [-0.4, -0.2) is 22.2 Å². The van der Waals surface area contributed by atoms with Crippen LogP contribution >= 0.6 is 11.8 Å². The van der Waals surface area contributed by atoms with Crippen LogP contribution in [0.2, 0.25) is 0 Å². The monoisotopic (exact) mass is 544 g/mol. The molecule has 0 aromatic heterocycles. The molecule has 0 bridgehead atoms. The third-order valence-electron chi connectivity index (χ3n) is 5.22. The molecule has 4 aromatic carbocycles. The van der Waals surface area contributed by atoms with E-state index in [2.05, 4.69) is 34.6 Å². The number of amidine groups is 1. The number of carboxylic acid groups (broad SMARTS) is 1. The number of ether oxygens (including phenoxy) is 1. The number of carbonyl (C=O) groups is 2. The van der Waals surface area contributed by atoms with E-state index in [-0.39, 0.29) is 35.5 Å². The van der Waals surface area contributed by atoms with Gasteiger partial charge in [-0.1, -0.05) is 66.7 Å². The summed E-state index contributed by atoms with van der Waals surface area (Å²) in [7, 11) is 0. The van der Waals surface area contributed by atoms with Gasteiger partial charge in [-0.05, 0) is 52.3 Å². The van der Waals surface area contributed by atoms with Crippen molar-refractivity contribution in [1.29, 1.82) is 0 Å². The summed E-state index contributed by atoms with van der Waals surface area (Å²) in [6.45, 7) is 1.53. The van der Waals surface area contributed by atoms with Crippen molar-refractivity contribution >= 4 is 40.6 Å². The number of carboxylic acids is 1. The topological polar surface area (TPSA) is 88.0 Å². The normalized spacial score (nSPS) is 14.1. The van der Waals surface area contributed by atoms with E-state index in [1.807, 2.05) is 78.9 Å². The minimum Gasteiger partial charge on any atom is -0.488 e. The number of aliphatic imine (C=N–C) groups is 1. The van der Waals surface area contributed by atoms with Crippen LogP contribution in [0.25, 0.3) is 17.2 Å². The number of hydrogen-bond acceptors (Lipinski definition) is 5. The summed E-state index contributed by atoms with van der Waals surface area (Å²) in [5.41, 5.74) is 4.84. The molecule has 0 spiro atoms. The smallest absolute Gasteiger partial charge is 0.488 e. The first-order valence-electron chi connectivity index (χ1n) is 11.8. The third kappa shape index (κ3) is 9.26. The predicted octanol–water partition coefficient (Wildman–Crippen LogP) is 3.72. The predicted molar refractivity (Wildman–Crippen MR) is 152 cm³/mol. The number of nitrogens with one attached hydrogen (secondary N) is 1. The van der Waals surface area contributed by atoms with Crippen molar-refractivity contribution in [2.75, 3.05) is 0 Å². The molecule has 1 fully saturated rings. The summed E-state index contributed by atoms with van der Waals surface area (Å²) in [6, 6.07) is 36.5. The van der Waals surface area contributed by atoms with Crippen LogP contribution in [0.5, 0.6) is 5.75 Å². The molecule has 2 N–H and O–H groups in total. The van der Waals surface area contributed by atoms with Crippen molar-refractivity contribution in [3.8, 4) is 16.9 Å². The number of thioether (sulfide) groups is 1. The van der Waals surface area contributed by atoms with E-state index in [1.54, 1.807) is 12.1 Å². The van der Waals surface area contributed by atoms with Gasteiger partial charge >= 0.3 is 29.6 Å². The van der Waals surface area contributed by atoms with E-state index in [9.17, 15) is 4.79 Å². The Bertz CT molecular complexity index is 1460. The second kappa shape index (κ2) is 15.1. The molecule has 5 rings (SSSR count). The van der Waals surface area contributed by atoms with Crippen LogP contribution in [0.4, 0.5) is 5.69 Å². The number of amides is 1. The van der Waals surface area contributed by atoms with Gasteiger partial charge in [0.2, 0.25) is 0 Å². The standard InChI is InChI=1S/C29H21N2O2S.C2H4O2.Na/c32-28-27(34-29(31-28)30-25-14-8-3-9-15-25)19-24-18-23(22-12-6-2-7-13-22)16-17-26(24)33-20-21-10-4-1-5-11-21;1-2(3)4;/h1-2,4-19H,20H2,(H,30,31,32);1H3,(H,3,4);/q-1;;+1/b27-19-;;. The van der Waals surface area contributed by atoms with Gasteiger partial charge in [-0.25, -0.2) is 0 Å². The van der Waals surface area contributed by atoms with E-state index < -0.39 is 5.97 Å². The molecule has 1 amide bonds. The summed E-state index contributed by atoms with van der Waals surface area (Å²) in [5.74, 6) is -0.293. The third-order valence-corrected chi connectivity index (χ3v) is 6.13. The largest absolute Gasteiger partial charge is 1.00 e. The number of aliphatic carboxylic acids is 1. The Kier molecular flexibility index (Phi) is 11.6. The average Bonchev–Trinajstić information content (AvgIpc) is 3.27. The fourth-order valence-electron chi connectivity index (χ4n) is 3.53. The molecular formula is C31H25N2NaO4S. The van der Waals surface area contributed by atoms with Gasteiger partial charge in [0, 0.05) is 12.5 Å². The summed E-state index contributed by atoms with van der Waals surface area (Å²) in [4.78, 5) is 26.8. The zero-order valence-electron chi connectivity index (χ0n) is 21.6. The Morgan fingerprint density at radius 1 is 0.974 bits per heavy atom. The zero-order valence-corrected chi connectivity index (χ0v) is 24.4. The van der Waals surface area contributed by atoms with Gasteiger partial charge < -0.3 is 15.2 Å². The fraction of sp³-hybridized carbons (Fsp3) is 0.0645. The van der Waals surface area contributed by atoms with E-state index in [1.165, 1.54) is 11.8 Å². The van der Waals surface area contributed by atoms with Crippen LogP contribution < -0.4 is 39.6 Å². The Morgan fingerprint density at radius 2 is 1.62 bits per heavy atom. The molecule has 39 heavy (non-hydrogen) atoms. The Balaban J connectivity index is 0.000000788. The van der Waals surface area contributed by atoms with E-state index in [0.29, 0.717) is 22.4 Å². The summed E-state index contributed by atoms with van der Waals surface area (Å²) in [6.07, 6.45) is 1.87. The van der Waals surface area contributed by atoms with Crippen LogP contribution in [-0.2, 0) is 16.2 Å². The number of carbonyl (C=O) groups excluding carboxylic acids is 1. The fourth-order valence-corrected chi connectivity index (χ4v) is 4.36. The average molecular weight is 545 g/mol. The van der Waals surface area contributed by atoms with Gasteiger partial charge in [-0.2, -0.15) is 18.2 Å². The first-order chi connectivity index (χ1) is 18.5. The molecule has 4 aromatic rings. The number of nitrogens with zero attached hydrogens (tertiary/aromatic N) is 1. The van der Waals surface area contributed by atoms with E-state index >= 15 is 0 Å². The number of rotatable bonds is 6. The minimum atomic E-state index is -0.833. The summed E-state index contributed by atoms with van der Waals surface area (Å²) >= 11 is 1.32. The van der Waals surface area contributed by atoms with Crippen LogP contribution in [0.15, 0.2) is 113 Å². The van der Waals surface area contributed by atoms with Crippen molar-refractivity contribution in [2.24, 2.45) is 4.99 Å². The quantitative estimate of drug-likeness (QED) is 0.220. The molecule has 0 aliphatic carbocycles. The van der Waals surface area contributed by atoms with Gasteiger partial charge in [0.25, 0.3) is 11.9 Å². The maximum Gasteiger partial charge on any atom is 1.00 e. The molecule has 1 aliphatic rings. The van der Waals surface area contributed by atoms with Gasteiger partial charge in [0.1, 0.15) is 12.4 Å². The van der Waals surface area contributed by atoms with Gasteiger partial charge in [-0.15, -0.1) is 12.1 Å². The van der Waals surface area contributed by atoms with Crippen LogP contribution in [0.1, 0.15) is 18.1 Å². The molecule has 0 radical (unpaired) electrons. The van der Waals surface area contributed by atoms with Crippen molar-refractivity contribution < 1.29 is 49.0 Å². The number of hydrogen-bond donors (Lipinski definition) is 2. The first kappa shape index (κ1) is 29.9. The molecule has 1 saturated heterocycles. The maximum absolute atomic E-state index is 12.7. The molecule has 0 atom stereocenters. The molecule has 8 heteroatoms. The van der Waals surface area contributed by atoms with Crippen molar-refractivity contribution in [1.82, 2.24) is 5.32 Å². The Morgan fingerprint density at radius 3 is 2.28 bits per heavy atom. The van der Waals surface area contributed by atoms with Crippen LogP contribution in [0.3, 0.4) is 0 Å². The summed E-state index contributed by atoms with van der Waals surface area (Å²) in [5, 5.41) is 10.8. The van der Waals surface area contributed by atoms with Gasteiger partial charge in [0.05, 0.1) is 4.91 Å². The van der Waals surface area contributed by atoms with Gasteiger partial charge in [-0.3, -0.25) is 14.6 Å². The molecule has 0 unspecified atom stereocenters. The second-order valence-corrected chi connectivity index (χ2v) is 9.18. The molecule has 190 valence electrons. The molecule has 1 aliphatic heterocycles. The van der Waals surface area contributed by atoms with Gasteiger partial charge in [0.15, 0.2) is 5.17 Å². The SMILES string of the molecule is CC(=O)O.O=C1NC(=Nc2cc[c-]cc2)S/C1=C\c1cc(-c2ccccc2)ccc1OCc1ccccc1.[Na+]. The Hall–Kier alpha value is -3.62. The zero-order chi connectivity index (χ0) is 26.7. The maximum atomic E-state index is 12.7. The molecule has 0 saturated carbocycles. The van der Waals surface area contributed by atoms with E-state index in [4.69, 9.17) is 14.6 Å². The summed E-state index contributed by atoms with van der Waals surface area (Å²) < 4.78 is 6.16. The minimum absolute atomic E-state index is 0. The molecule has 6 nitrogen and oxygen atoms in total.